The van der Waals surface area contributed by atoms with Gasteiger partial charge >= 0.3 is 5.97 Å². The largest absolute Gasteiger partial charge is 0.451 e. The summed E-state index contributed by atoms with van der Waals surface area (Å²) in [5.74, 6) is -0.374. The fourth-order valence-corrected chi connectivity index (χ4v) is 3.38. The maximum atomic E-state index is 12.1. The van der Waals surface area contributed by atoms with Crippen LogP contribution < -0.4 is 10.6 Å². The monoisotopic (exact) mass is 389 g/mol. The van der Waals surface area contributed by atoms with Crippen molar-refractivity contribution in [1.29, 1.82) is 0 Å². The highest BCUT2D eigenvalue weighted by Crippen LogP contribution is 2.22. The van der Waals surface area contributed by atoms with E-state index in [0.717, 1.165) is 35.3 Å². The number of thiazole rings is 1. The van der Waals surface area contributed by atoms with E-state index in [9.17, 15) is 9.59 Å². The van der Waals surface area contributed by atoms with Crippen LogP contribution >= 0.6 is 11.3 Å². The Bertz CT molecular complexity index is 792. The first-order chi connectivity index (χ1) is 12.8. The number of benzene rings is 1. The Balaban J connectivity index is 1.85. The molecule has 0 atom stereocenters. The van der Waals surface area contributed by atoms with E-state index in [4.69, 9.17) is 4.74 Å². The van der Waals surface area contributed by atoms with Gasteiger partial charge in [-0.2, -0.15) is 0 Å². The summed E-state index contributed by atoms with van der Waals surface area (Å²) in [4.78, 5) is 28.4. The normalized spacial score (nSPS) is 10.7. The Morgan fingerprint density at radius 2 is 1.85 bits per heavy atom. The van der Waals surface area contributed by atoms with Gasteiger partial charge in [0, 0.05) is 17.6 Å². The van der Waals surface area contributed by atoms with Crippen LogP contribution in [0, 0.1) is 26.7 Å². The summed E-state index contributed by atoms with van der Waals surface area (Å²) < 4.78 is 5.09. The summed E-state index contributed by atoms with van der Waals surface area (Å²) >= 11 is 1.35. The average molecular weight is 390 g/mol. The third-order valence-electron chi connectivity index (χ3n) is 3.99. The number of carbonyl (C=O) groups is 2. The lowest BCUT2D eigenvalue weighted by Gasteiger charge is -2.12. The summed E-state index contributed by atoms with van der Waals surface area (Å²) in [5.41, 5.74) is 4.05. The van der Waals surface area contributed by atoms with Gasteiger partial charge in [0.1, 0.15) is 0 Å². The van der Waals surface area contributed by atoms with Gasteiger partial charge in [-0.05, 0) is 44.2 Å². The molecule has 0 bridgehead atoms. The molecule has 1 aromatic carbocycles. The molecule has 2 N–H and O–H groups in total. The van der Waals surface area contributed by atoms with Crippen molar-refractivity contribution in [1.82, 2.24) is 4.98 Å². The van der Waals surface area contributed by atoms with Crippen molar-refractivity contribution in [3.63, 3.8) is 0 Å². The van der Waals surface area contributed by atoms with E-state index in [1.807, 2.05) is 32.9 Å². The summed E-state index contributed by atoms with van der Waals surface area (Å²) in [6.07, 6.45) is 1.03. The zero-order valence-corrected chi connectivity index (χ0v) is 17.3. The fourth-order valence-electron chi connectivity index (χ4n) is 2.67. The van der Waals surface area contributed by atoms with E-state index < -0.39 is 5.97 Å². The second-order valence-electron chi connectivity index (χ2n) is 7.05. The van der Waals surface area contributed by atoms with Gasteiger partial charge in [0.2, 0.25) is 0 Å². The molecule has 0 spiro atoms. The van der Waals surface area contributed by atoms with Gasteiger partial charge < -0.3 is 15.4 Å². The van der Waals surface area contributed by atoms with Crippen molar-refractivity contribution in [2.24, 2.45) is 5.92 Å². The molecule has 0 saturated heterocycles. The number of hydrogen-bond acceptors (Lipinski definition) is 6. The second kappa shape index (κ2) is 9.50. The molecular formula is C20H27N3O3S. The zero-order chi connectivity index (χ0) is 20.0. The highest BCUT2D eigenvalue weighted by atomic mass is 32.1. The van der Waals surface area contributed by atoms with Crippen LogP contribution in [0.4, 0.5) is 10.8 Å². The topological polar surface area (TPSA) is 80.3 Å². The third kappa shape index (κ3) is 6.36. The Kier molecular flexibility index (Phi) is 7.36. The number of carbonyl (C=O) groups excluding carboxylic acids is 2. The first-order valence-corrected chi connectivity index (χ1v) is 9.88. The number of hydrogen-bond donors (Lipinski definition) is 2. The first-order valence-electron chi connectivity index (χ1n) is 9.00. The molecule has 2 aromatic rings. The molecule has 2 rings (SSSR count). The van der Waals surface area contributed by atoms with Crippen LogP contribution in [-0.2, 0) is 9.53 Å². The van der Waals surface area contributed by atoms with Gasteiger partial charge in [0.05, 0.1) is 0 Å². The first kappa shape index (κ1) is 20.9. The molecule has 1 heterocycles. The molecule has 27 heavy (non-hydrogen) atoms. The molecule has 0 unspecified atom stereocenters. The number of ether oxygens (including phenoxy) is 1. The summed E-state index contributed by atoms with van der Waals surface area (Å²) in [6.45, 7) is 10.6. The molecule has 0 aliphatic heterocycles. The number of esters is 1. The predicted molar refractivity (Wildman–Crippen MR) is 110 cm³/mol. The van der Waals surface area contributed by atoms with Crippen molar-refractivity contribution < 1.29 is 14.3 Å². The molecule has 6 nitrogen and oxygen atoms in total. The number of nitrogens with one attached hydrogen (secondary N) is 2. The van der Waals surface area contributed by atoms with Crippen LogP contribution in [0.2, 0.25) is 0 Å². The Morgan fingerprint density at radius 1 is 1.19 bits per heavy atom. The molecular weight excluding hydrogens is 362 g/mol. The van der Waals surface area contributed by atoms with Crippen molar-refractivity contribution >= 4 is 34.0 Å². The third-order valence-corrected chi connectivity index (χ3v) is 4.79. The minimum atomic E-state index is -0.601. The minimum absolute atomic E-state index is 0.211. The van der Waals surface area contributed by atoms with Crippen LogP contribution in [0.5, 0.6) is 0 Å². The van der Waals surface area contributed by atoms with Crippen molar-refractivity contribution in [3.8, 4) is 0 Å². The molecule has 146 valence electrons. The lowest BCUT2D eigenvalue weighted by Crippen LogP contribution is -2.22. The molecule has 1 amide bonds. The standard InChI is InChI=1S/C20H27N3O3S/c1-12(2)6-7-21-20-22-16(11-27-20)19(25)26-10-17(24)23-18-14(4)8-13(3)9-15(18)5/h8-9,11-12H,6-7,10H2,1-5H3,(H,21,22)(H,23,24). The van der Waals surface area contributed by atoms with E-state index >= 15 is 0 Å². The molecule has 0 saturated carbocycles. The van der Waals surface area contributed by atoms with E-state index in [-0.39, 0.29) is 18.2 Å². The predicted octanol–water partition coefficient (Wildman–Crippen LogP) is 4.32. The lowest BCUT2D eigenvalue weighted by atomic mass is 10.1. The SMILES string of the molecule is Cc1cc(C)c(NC(=O)COC(=O)c2csc(NCCC(C)C)n2)c(C)c1. The smallest absolute Gasteiger partial charge is 0.358 e. The molecule has 7 heteroatoms. The van der Waals surface area contributed by atoms with Crippen molar-refractivity contribution in [2.75, 3.05) is 23.8 Å². The highest BCUT2D eigenvalue weighted by molar-refractivity contribution is 7.13. The van der Waals surface area contributed by atoms with Gasteiger partial charge in [-0.3, -0.25) is 4.79 Å². The molecule has 0 fully saturated rings. The zero-order valence-electron chi connectivity index (χ0n) is 16.5. The number of aryl methyl sites for hydroxylation is 3. The Hall–Kier alpha value is -2.41. The Labute approximate surface area is 164 Å². The van der Waals surface area contributed by atoms with Crippen LogP contribution in [0.15, 0.2) is 17.5 Å². The van der Waals surface area contributed by atoms with Gasteiger partial charge in [-0.25, -0.2) is 9.78 Å². The number of nitrogens with zero attached hydrogens (tertiary/aromatic N) is 1. The fraction of sp³-hybridized carbons (Fsp3) is 0.450. The number of rotatable bonds is 8. The second-order valence-corrected chi connectivity index (χ2v) is 7.90. The van der Waals surface area contributed by atoms with Crippen LogP contribution in [-0.4, -0.2) is 30.0 Å². The van der Waals surface area contributed by atoms with Crippen LogP contribution in [0.1, 0.15) is 47.4 Å². The van der Waals surface area contributed by atoms with E-state index in [1.165, 1.54) is 11.3 Å². The highest BCUT2D eigenvalue weighted by Gasteiger charge is 2.15. The summed E-state index contributed by atoms with van der Waals surface area (Å²) in [7, 11) is 0. The van der Waals surface area contributed by atoms with Gasteiger partial charge in [0.15, 0.2) is 17.4 Å². The van der Waals surface area contributed by atoms with Crippen molar-refractivity contribution in [3.05, 3.63) is 39.9 Å². The van der Waals surface area contributed by atoms with E-state index in [1.54, 1.807) is 5.38 Å². The molecule has 0 aliphatic rings. The number of anilines is 2. The maximum absolute atomic E-state index is 12.1. The summed E-state index contributed by atoms with van der Waals surface area (Å²) in [5, 5.41) is 8.31. The average Bonchev–Trinajstić information content (AvgIpc) is 3.04. The minimum Gasteiger partial charge on any atom is -0.451 e. The molecule has 1 aromatic heterocycles. The summed E-state index contributed by atoms with van der Waals surface area (Å²) in [6, 6.07) is 4.00. The van der Waals surface area contributed by atoms with Gasteiger partial charge in [0.25, 0.3) is 5.91 Å². The molecule has 0 aliphatic carbocycles. The van der Waals surface area contributed by atoms with E-state index in [0.29, 0.717) is 11.0 Å². The van der Waals surface area contributed by atoms with Gasteiger partial charge in [-0.1, -0.05) is 31.5 Å². The Morgan fingerprint density at radius 3 is 2.48 bits per heavy atom. The lowest BCUT2D eigenvalue weighted by molar-refractivity contribution is -0.119. The molecule has 0 radical (unpaired) electrons. The van der Waals surface area contributed by atoms with E-state index in [2.05, 4.69) is 29.5 Å². The number of aromatic nitrogens is 1. The quantitative estimate of drug-likeness (QED) is 0.657. The maximum Gasteiger partial charge on any atom is 0.358 e. The van der Waals surface area contributed by atoms with Crippen molar-refractivity contribution in [2.45, 2.75) is 41.0 Å². The number of amides is 1. The van der Waals surface area contributed by atoms with Crippen LogP contribution in [0.25, 0.3) is 0 Å². The van der Waals surface area contributed by atoms with Gasteiger partial charge in [-0.15, -0.1) is 11.3 Å². The van der Waals surface area contributed by atoms with Crippen LogP contribution in [0.3, 0.4) is 0 Å².